The van der Waals surface area contributed by atoms with Crippen LogP contribution in [0.15, 0.2) is 46.0 Å². The smallest absolute Gasteiger partial charge is 0.337 e. The average molecular weight is 445 g/mol. The Morgan fingerprint density at radius 3 is 2.64 bits per heavy atom. The molecular weight excluding hydrogens is 424 g/mol. The van der Waals surface area contributed by atoms with Crippen molar-refractivity contribution < 1.29 is 19.1 Å². The Balaban J connectivity index is 1.51. The second-order valence-electron chi connectivity index (χ2n) is 6.42. The van der Waals surface area contributed by atoms with E-state index in [-0.39, 0.29) is 12.5 Å². The molecule has 2 aromatic carbocycles. The number of amides is 1. The van der Waals surface area contributed by atoms with Gasteiger partial charge in [0.25, 0.3) is 5.91 Å². The number of ether oxygens (including phenoxy) is 2. The standard InChI is InChI=1S/C21H21BrN2O4/c1-27-21(26)16-8-6-14(7-9-16)12-23-24-19(25)13-28-18-11-10-15-4-2-3-5-17(15)20(18)22/h6-12H,2-5,13H2,1H3,(H,24,25)/b23-12+. The normalized spacial score (nSPS) is 13.1. The summed E-state index contributed by atoms with van der Waals surface area (Å²) >= 11 is 3.60. The van der Waals surface area contributed by atoms with Crippen LogP contribution in [0.25, 0.3) is 0 Å². The first-order valence-electron chi connectivity index (χ1n) is 9.02. The molecule has 1 amide bonds. The molecule has 3 rings (SSSR count). The highest BCUT2D eigenvalue weighted by Gasteiger charge is 2.16. The summed E-state index contributed by atoms with van der Waals surface area (Å²) in [5, 5.41) is 3.91. The molecular formula is C21H21BrN2O4. The van der Waals surface area contributed by atoms with Gasteiger partial charge in [-0.15, -0.1) is 0 Å². The summed E-state index contributed by atoms with van der Waals surface area (Å²) in [6.45, 7) is -0.129. The molecule has 146 valence electrons. The minimum absolute atomic E-state index is 0.129. The van der Waals surface area contributed by atoms with Crippen LogP contribution >= 0.6 is 15.9 Å². The molecule has 0 radical (unpaired) electrons. The molecule has 0 saturated heterocycles. The van der Waals surface area contributed by atoms with Crippen LogP contribution < -0.4 is 10.2 Å². The Bertz CT molecular complexity index is 894. The molecule has 0 aliphatic heterocycles. The molecule has 1 aliphatic rings. The number of fused-ring (bicyclic) bond motifs is 1. The van der Waals surface area contributed by atoms with E-state index in [4.69, 9.17) is 4.74 Å². The summed E-state index contributed by atoms with van der Waals surface area (Å²) in [6.07, 6.45) is 5.99. The third kappa shape index (κ3) is 4.98. The fraction of sp³-hybridized carbons (Fsp3) is 0.286. The summed E-state index contributed by atoms with van der Waals surface area (Å²) in [6, 6.07) is 10.7. The first-order chi connectivity index (χ1) is 13.6. The number of hydrogen-bond acceptors (Lipinski definition) is 5. The van der Waals surface area contributed by atoms with Gasteiger partial charge in [-0.3, -0.25) is 4.79 Å². The number of methoxy groups -OCH3 is 1. The van der Waals surface area contributed by atoms with Gasteiger partial charge in [-0.1, -0.05) is 18.2 Å². The van der Waals surface area contributed by atoms with Crippen molar-refractivity contribution in [1.82, 2.24) is 5.43 Å². The van der Waals surface area contributed by atoms with E-state index in [1.807, 2.05) is 6.07 Å². The molecule has 0 atom stereocenters. The molecule has 0 aromatic heterocycles. The molecule has 2 aromatic rings. The number of nitrogens with zero attached hydrogens (tertiary/aromatic N) is 1. The maximum atomic E-state index is 12.0. The zero-order chi connectivity index (χ0) is 19.9. The molecule has 0 fully saturated rings. The Labute approximate surface area is 172 Å². The first-order valence-corrected chi connectivity index (χ1v) is 9.81. The van der Waals surface area contributed by atoms with Crippen molar-refractivity contribution in [3.05, 3.63) is 63.1 Å². The van der Waals surface area contributed by atoms with Gasteiger partial charge in [0.05, 0.1) is 23.4 Å². The average Bonchev–Trinajstić information content (AvgIpc) is 2.73. The lowest BCUT2D eigenvalue weighted by Gasteiger charge is -2.19. The Morgan fingerprint density at radius 1 is 1.14 bits per heavy atom. The van der Waals surface area contributed by atoms with Crippen molar-refractivity contribution in [3.63, 3.8) is 0 Å². The largest absolute Gasteiger partial charge is 0.483 e. The van der Waals surface area contributed by atoms with Crippen LogP contribution in [0.1, 0.15) is 39.9 Å². The van der Waals surface area contributed by atoms with Gasteiger partial charge in [0.2, 0.25) is 0 Å². The van der Waals surface area contributed by atoms with E-state index in [9.17, 15) is 9.59 Å². The number of carbonyl (C=O) groups is 2. The monoisotopic (exact) mass is 444 g/mol. The summed E-state index contributed by atoms with van der Waals surface area (Å²) in [5.41, 5.74) is 6.24. The second-order valence-corrected chi connectivity index (χ2v) is 7.21. The van der Waals surface area contributed by atoms with Crippen LogP contribution in [0.3, 0.4) is 0 Å². The maximum Gasteiger partial charge on any atom is 0.337 e. The first kappa shape index (κ1) is 20.1. The Hall–Kier alpha value is -2.67. The Kier molecular flexibility index (Phi) is 6.81. The molecule has 0 saturated carbocycles. The molecule has 0 bridgehead atoms. The van der Waals surface area contributed by atoms with Gasteiger partial charge < -0.3 is 9.47 Å². The third-order valence-electron chi connectivity index (χ3n) is 4.52. The number of hydrogen-bond donors (Lipinski definition) is 1. The van der Waals surface area contributed by atoms with E-state index >= 15 is 0 Å². The van der Waals surface area contributed by atoms with Crippen LogP contribution in [0.5, 0.6) is 5.75 Å². The predicted molar refractivity (Wildman–Crippen MR) is 110 cm³/mol. The summed E-state index contributed by atoms with van der Waals surface area (Å²) in [5.74, 6) is -0.0903. The molecule has 6 nitrogen and oxygen atoms in total. The fourth-order valence-corrected chi connectivity index (χ4v) is 3.75. The van der Waals surface area contributed by atoms with Crippen LogP contribution in [0.2, 0.25) is 0 Å². The highest BCUT2D eigenvalue weighted by Crippen LogP contribution is 2.35. The zero-order valence-electron chi connectivity index (χ0n) is 15.5. The van der Waals surface area contributed by atoms with E-state index in [0.29, 0.717) is 11.3 Å². The topological polar surface area (TPSA) is 77.0 Å². The third-order valence-corrected chi connectivity index (χ3v) is 5.39. The molecule has 7 heteroatoms. The Morgan fingerprint density at radius 2 is 1.89 bits per heavy atom. The summed E-state index contributed by atoms with van der Waals surface area (Å²) in [7, 11) is 1.33. The van der Waals surface area contributed by atoms with Crippen molar-refractivity contribution in [2.75, 3.05) is 13.7 Å². The number of benzene rings is 2. The van der Waals surface area contributed by atoms with Crippen molar-refractivity contribution >= 4 is 34.0 Å². The lowest BCUT2D eigenvalue weighted by Crippen LogP contribution is -2.24. The number of hydrazone groups is 1. The SMILES string of the molecule is COC(=O)c1ccc(/C=N/NC(=O)COc2ccc3c(c2Br)CCCC3)cc1. The van der Waals surface area contributed by atoms with Crippen LogP contribution in [0, 0.1) is 0 Å². The second kappa shape index (κ2) is 9.50. The number of esters is 1. The van der Waals surface area contributed by atoms with E-state index in [1.165, 1.54) is 37.3 Å². The van der Waals surface area contributed by atoms with Gasteiger partial charge in [-0.05, 0) is 76.5 Å². The van der Waals surface area contributed by atoms with Gasteiger partial charge in [-0.2, -0.15) is 5.10 Å². The van der Waals surface area contributed by atoms with E-state index < -0.39 is 5.97 Å². The number of nitrogens with one attached hydrogen (secondary N) is 1. The number of rotatable bonds is 6. The molecule has 1 N–H and O–H groups in total. The van der Waals surface area contributed by atoms with Gasteiger partial charge >= 0.3 is 5.97 Å². The van der Waals surface area contributed by atoms with Gasteiger partial charge in [-0.25, -0.2) is 10.2 Å². The van der Waals surface area contributed by atoms with Gasteiger partial charge in [0, 0.05) is 0 Å². The van der Waals surface area contributed by atoms with Gasteiger partial charge in [0.1, 0.15) is 5.75 Å². The maximum absolute atomic E-state index is 12.0. The van der Waals surface area contributed by atoms with E-state index in [1.54, 1.807) is 24.3 Å². The lowest BCUT2D eigenvalue weighted by atomic mass is 9.92. The van der Waals surface area contributed by atoms with Crippen molar-refractivity contribution in [1.29, 1.82) is 0 Å². The van der Waals surface area contributed by atoms with Gasteiger partial charge in [0.15, 0.2) is 6.61 Å². The highest BCUT2D eigenvalue weighted by atomic mass is 79.9. The molecule has 1 aliphatic carbocycles. The van der Waals surface area contributed by atoms with Crippen molar-refractivity contribution in [2.45, 2.75) is 25.7 Å². The fourth-order valence-electron chi connectivity index (χ4n) is 3.05. The highest BCUT2D eigenvalue weighted by molar-refractivity contribution is 9.10. The van der Waals surface area contributed by atoms with Crippen LogP contribution in [-0.4, -0.2) is 31.8 Å². The lowest BCUT2D eigenvalue weighted by molar-refractivity contribution is -0.123. The molecule has 0 heterocycles. The van der Waals surface area contributed by atoms with Crippen LogP contribution in [0.4, 0.5) is 0 Å². The summed E-state index contributed by atoms with van der Waals surface area (Å²) in [4.78, 5) is 23.4. The number of halogens is 1. The quantitative estimate of drug-likeness (QED) is 0.419. The van der Waals surface area contributed by atoms with E-state index in [0.717, 1.165) is 22.9 Å². The zero-order valence-corrected chi connectivity index (χ0v) is 17.1. The van der Waals surface area contributed by atoms with Crippen molar-refractivity contribution in [2.24, 2.45) is 5.10 Å². The molecule has 0 spiro atoms. The van der Waals surface area contributed by atoms with Crippen LogP contribution in [-0.2, 0) is 22.4 Å². The summed E-state index contributed by atoms with van der Waals surface area (Å²) < 4.78 is 11.2. The minimum atomic E-state index is -0.401. The minimum Gasteiger partial charge on any atom is -0.483 e. The number of aryl methyl sites for hydroxylation is 1. The van der Waals surface area contributed by atoms with E-state index in [2.05, 4.69) is 37.3 Å². The van der Waals surface area contributed by atoms with Crippen molar-refractivity contribution in [3.8, 4) is 5.75 Å². The molecule has 28 heavy (non-hydrogen) atoms. The predicted octanol–water partition coefficient (Wildman–Crippen LogP) is 3.64. The number of carbonyl (C=O) groups excluding carboxylic acids is 2. The molecule has 0 unspecified atom stereocenters.